The van der Waals surface area contributed by atoms with E-state index in [4.69, 9.17) is 4.52 Å². The van der Waals surface area contributed by atoms with Gasteiger partial charge in [0.1, 0.15) is 12.8 Å². The number of aromatic nitrogens is 2. The highest BCUT2D eigenvalue weighted by Gasteiger charge is 2.25. The van der Waals surface area contributed by atoms with Gasteiger partial charge in [-0.15, -0.1) is 0 Å². The predicted molar refractivity (Wildman–Crippen MR) is 72.1 cm³/mol. The largest absolute Gasteiger partial charge is 0.359 e. The van der Waals surface area contributed by atoms with Crippen LogP contribution < -0.4 is 9.29 Å². The number of hydrogen-bond acceptors (Lipinski definition) is 4. The van der Waals surface area contributed by atoms with E-state index < -0.39 is 10.0 Å². The van der Waals surface area contributed by atoms with Crippen molar-refractivity contribution in [3.05, 3.63) is 34.3 Å². The Hall–Kier alpha value is -1.41. The van der Waals surface area contributed by atoms with Crippen molar-refractivity contribution < 1.29 is 17.5 Å². The van der Waals surface area contributed by atoms with E-state index in [1.165, 1.54) is 6.07 Å². The first-order chi connectivity index (χ1) is 8.83. The Balaban J connectivity index is 2.44. The minimum atomic E-state index is -3.72. The van der Waals surface area contributed by atoms with Crippen LogP contribution in [-0.2, 0) is 17.1 Å². The van der Waals surface area contributed by atoms with Gasteiger partial charge in [0, 0.05) is 27.6 Å². The second-order valence-corrected chi connectivity index (χ2v) is 6.49. The van der Waals surface area contributed by atoms with Gasteiger partial charge >= 0.3 is 0 Å². The molecule has 0 aliphatic rings. The molecule has 0 saturated heterocycles. The zero-order valence-electron chi connectivity index (χ0n) is 10.6. The van der Waals surface area contributed by atoms with Gasteiger partial charge in [-0.2, -0.15) is 4.57 Å². The molecule has 0 radical (unpaired) electrons. The highest BCUT2D eigenvalue weighted by Crippen LogP contribution is 2.23. The summed E-state index contributed by atoms with van der Waals surface area (Å²) in [7, 11) is -1.97. The SMILES string of the molecule is Cc1onc(NS(=O)(=O)c2ccc[n+](C)c2Br)c1C. The molecule has 2 aromatic rings. The number of anilines is 1. The Morgan fingerprint density at radius 2 is 2.11 bits per heavy atom. The summed E-state index contributed by atoms with van der Waals surface area (Å²) >= 11 is 3.25. The van der Waals surface area contributed by atoms with E-state index in [1.807, 2.05) is 0 Å². The standard InChI is InChI=1S/C11H13BrN3O3S/c1-7-8(2)18-13-11(7)14-19(16,17)9-5-4-6-15(3)10(9)12/h4-6H,1-3H3,(H,13,14)/q+1. The molecular weight excluding hydrogens is 334 g/mol. The van der Waals surface area contributed by atoms with Crippen LogP contribution in [0.15, 0.2) is 32.4 Å². The van der Waals surface area contributed by atoms with Gasteiger partial charge in [0.15, 0.2) is 16.9 Å². The van der Waals surface area contributed by atoms with Crippen LogP contribution in [0.1, 0.15) is 11.3 Å². The summed E-state index contributed by atoms with van der Waals surface area (Å²) in [4.78, 5) is 0.137. The van der Waals surface area contributed by atoms with Gasteiger partial charge in [-0.1, -0.05) is 5.16 Å². The number of sulfonamides is 1. The highest BCUT2D eigenvalue weighted by atomic mass is 79.9. The van der Waals surface area contributed by atoms with Crippen molar-refractivity contribution in [2.24, 2.45) is 7.05 Å². The molecule has 0 aliphatic heterocycles. The van der Waals surface area contributed by atoms with Crippen molar-refractivity contribution in [3.63, 3.8) is 0 Å². The third-order valence-electron chi connectivity index (χ3n) is 2.75. The van der Waals surface area contributed by atoms with Gasteiger partial charge in [-0.05, 0) is 19.9 Å². The van der Waals surface area contributed by atoms with E-state index in [1.54, 1.807) is 37.7 Å². The molecule has 19 heavy (non-hydrogen) atoms. The summed E-state index contributed by atoms with van der Waals surface area (Å²) in [5.74, 6) is 0.784. The van der Waals surface area contributed by atoms with E-state index in [-0.39, 0.29) is 10.7 Å². The van der Waals surface area contributed by atoms with Crippen molar-refractivity contribution in [3.8, 4) is 0 Å². The summed E-state index contributed by atoms with van der Waals surface area (Å²) in [5, 5.41) is 3.69. The topological polar surface area (TPSA) is 76.1 Å². The second-order valence-electron chi connectivity index (χ2n) is 4.09. The van der Waals surface area contributed by atoms with Crippen molar-refractivity contribution in [1.29, 1.82) is 0 Å². The minimum absolute atomic E-state index is 0.137. The molecule has 0 aliphatic carbocycles. The summed E-state index contributed by atoms with van der Waals surface area (Å²) in [6.45, 7) is 3.46. The monoisotopic (exact) mass is 346 g/mol. The normalized spacial score (nSPS) is 11.6. The molecule has 0 unspecified atom stereocenters. The molecule has 8 heteroatoms. The lowest BCUT2D eigenvalue weighted by Crippen LogP contribution is -2.31. The van der Waals surface area contributed by atoms with Crippen molar-refractivity contribution in [2.75, 3.05) is 4.72 Å². The molecular formula is C11H13BrN3O3S+. The molecule has 6 nitrogen and oxygen atoms in total. The summed E-state index contributed by atoms with van der Waals surface area (Å²) < 4.78 is 34.1. The van der Waals surface area contributed by atoms with Crippen LogP contribution in [0.3, 0.4) is 0 Å². The zero-order chi connectivity index (χ0) is 14.2. The van der Waals surface area contributed by atoms with E-state index in [2.05, 4.69) is 25.8 Å². The average Bonchev–Trinajstić information content (AvgIpc) is 2.64. The van der Waals surface area contributed by atoms with Crippen LogP contribution in [-0.4, -0.2) is 13.6 Å². The Morgan fingerprint density at radius 1 is 1.42 bits per heavy atom. The van der Waals surface area contributed by atoms with Crippen LogP contribution in [0.25, 0.3) is 0 Å². The quantitative estimate of drug-likeness (QED) is 0.677. The maximum absolute atomic E-state index is 12.3. The number of pyridine rings is 1. The van der Waals surface area contributed by atoms with Gasteiger partial charge in [0.05, 0.1) is 0 Å². The Bertz CT molecular complexity index is 725. The third kappa shape index (κ3) is 2.64. The van der Waals surface area contributed by atoms with Crippen molar-refractivity contribution in [2.45, 2.75) is 18.7 Å². The molecule has 2 rings (SSSR count). The lowest BCUT2D eigenvalue weighted by Gasteiger charge is -2.06. The first-order valence-corrected chi connectivity index (χ1v) is 7.70. The Kier molecular flexibility index (Phi) is 3.64. The first-order valence-electron chi connectivity index (χ1n) is 5.43. The fraction of sp³-hybridized carbons (Fsp3) is 0.273. The summed E-state index contributed by atoms with van der Waals surface area (Å²) in [6, 6.07) is 3.16. The number of nitrogens with zero attached hydrogens (tertiary/aromatic N) is 2. The molecule has 0 atom stereocenters. The van der Waals surface area contributed by atoms with E-state index in [0.29, 0.717) is 15.9 Å². The molecule has 1 N–H and O–H groups in total. The lowest BCUT2D eigenvalue weighted by atomic mass is 10.3. The summed E-state index contributed by atoms with van der Waals surface area (Å²) in [5.41, 5.74) is 0.667. The molecule has 0 bridgehead atoms. The summed E-state index contributed by atoms with van der Waals surface area (Å²) in [6.07, 6.45) is 1.74. The van der Waals surface area contributed by atoms with Gasteiger partial charge in [-0.25, -0.2) is 8.42 Å². The maximum atomic E-state index is 12.3. The molecule has 0 spiro atoms. The first kappa shape index (κ1) is 14.0. The lowest BCUT2D eigenvalue weighted by molar-refractivity contribution is -0.684. The van der Waals surface area contributed by atoms with Gasteiger partial charge in [0.2, 0.25) is 0 Å². The van der Waals surface area contributed by atoms with E-state index in [0.717, 1.165) is 0 Å². The number of nitrogens with one attached hydrogen (secondary N) is 1. The highest BCUT2D eigenvalue weighted by molar-refractivity contribution is 9.10. The molecule has 0 amide bonds. The van der Waals surface area contributed by atoms with Crippen LogP contribution in [0.2, 0.25) is 0 Å². The molecule has 0 saturated carbocycles. The Labute approximate surface area is 119 Å². The van der Waals surface area contributed by atoms with Crippen LogP contribution in [0.4, 0.5) is 5.82 Å². The maximum Gasteiger partial charge on any atom is 0.270 e. The minimum Gasteiger partial charge on any atom is -0.359 e. The average molecular weight is 347 g/mol. The molecule has 0 fully saturated rings. The molecule has 2 aromatic heterocycles. The number of hydrogen-bond donors (Lipinski definition) is 1. The van der Waals surface area contributed by atoms with Crippen LogP contribution >= 0.6 is 15.9 Å². The van der Waals surface area contributed by atoms with Gasteiger partial charge in [-0.3, -0.25) is 4.72 Å². The van der Waals surface area contributed by atoms with E-state index in [9.17, 15) is 8.42 Å². The fourth-order valence-electron chi connectivity index (χ4n) is 1.46. The van der Waals surface area contributed by atoms with Crippen molar-refractivity contribution >= 4 is 31.8 Å². The number of rotatable bonds is 3. The predicted octanol–water partition coefficient (Wildman–Crippen LogP) is 1.68. The van der Waals surface area contributed by atoms with Crippen molar-refractivity contribution in [1.82, 2.24) is 5.16 Å². The number of halogens is 1. The van der Waals surface area contributed by atoms with Crippen LogP contribution in [0.5, 0.6) is 0 Å². The Morgan fingerprint density at radius 3 is 2.68 bits per heavy atom. The number of aryl methyl sites for hydroxylation is 2. The molecule has 0 aromatic carbocycles. The zero-order valence-corrected chi connectivity index (χ0v) is 13.0. The smallest absolute Gasteiger partial charge is 0.270 e. The van der Waals surface area contributed by atoms with Gasteiger partial charge in [0.25, 0.3) is 14.6 Å². The third-order valence-corrected chi connectivity index (χ3v) is 5.37. The van der Waals surface area contributed by atoms with Crippen LogP contribution in [0, 0.1) is 13.8 Å². The van der Waals surface area contributed by atoms with E-state index >= 15 is 0 Å². The molecule has 2 heterocycles. The molecule has 102 valence electrons. The second kappa shape index (κ2) is 4.93. The fourth-order valence-corrected chi connectivity index (χ4v) is 3.53. The van der Waals surface area contributed by atoms with Gasteiger partial charge < -0.3 is 4.52 Å².